The van der Waals surface area contributed by atoms with Gasteiger partial charge in [-0.25, -0.2) is 9.59 Å². The van der Waals surface area contributed by atoms with Crippen molar-refractivity contribution in [1.29, 1.82) is 0 Å². The van der Waals surface area contributed by atoms with Crippen LogP contribution in [0.4, 0.5) is 0 Å². The maximum Gasteiger partial charge on any atom is 0.343 e. The topological polar surface area (TPSA) is 56.5 Å². The minimum Gasteiger partial charge on any atom is -0.455 e. The van der Waals surface area contributed by atoms with E-state index < -0.39 is 32.3 Å². The maximum atomic E-state index is 12.2. The molecule has 0 saturated heterocycles. The number of ether oxygens (including phenoxy) is 1. The third-order valence-electron chi connectivity index (χ3n) is 4.18. The fourth-order valence-electron chi connectivity index (χ4n) is 3.09. The van der Waals surface area contributed by atoms with Gasteiger partial charge in [-0.1, -0.05) is 46.4 Å². The molecular formula is C14H6Cl4O4. The van der Waals surface area contributed by atoms with Gasteiger partial charge in [-0.2, -0.15) is 0 Å². The van der Waals surface area contributed by atoms with Gasteiger partial charge in [0.1, 0.15) is 6.10 Å². The highest BCUT2D eigenvalue weighted by molar-refractivity contribution is 6.65. The number of hydrogen-bond acceptors (Lipinski definition) is 4. The first-order valence-electron chi connectivity index (χ1n) is 6.28. The average Bonchev–Trinajstić information content (AvgIpc) is 2.46. The molecule has 0 spiro atoms. The minimum absolute atomic E-state index is 0.286. The highest BCUT2D eigenvalue weighted by Gasteiger charge is 2.75. The first kappa shape index (κ1) is 14.6. The summed E-state index contributed by atoms with van der Waals surface area (Å²) >= 11 is 24.8. The SMILES string of the molecule is O=C1OC2C(c3c1ccc1c(=O)occc31)C(Cl)(Cl)C2(Cl)Cl. The van der Waals surface area contributed by atoms with E-state index in [0.717, 1.165) is 0 Å². The van der Waals surface area contributed by atoms with E-state index in [9.17, 15) is 9.59 Å². The van der Waals surface area contributed by atoms with Crippen LogP contribution in [-0.2, 0) is 4.74 Å². The van der Waals surface area contributed by atoms with Crippen molar-refractivity contribution >= 4 is 63.1 Å². The van der Waals surface area contributed by atoms with Crippen LogP contribution in [-0.4, -0.2) is 20.7 Å². The largest absolute Gasteiger partial charge is 0.455 e. The van der Waals surface area contributed by atoms with Crippen molar-refractivity contribution in [2.24, 2.45) is 0 Å². The zero-order valence-corrected chi connectivity index (χ0v) is 13.6. The molecule has 2 aliphatic rings. The van der Waals surface area contributed by atoms with Crippen LogP contribution in [0.2, 0.25) is 0 Å². The van der Waals surface area contributed by atoms with E-state index in [1.165, 1.54) is 18.4 Å². The number of alkyl halides is 4. The van der Waals surface area contributed by atoms with E-state index in [-0.39, 0.29) is 5.56 Å². The van der Waals surface area contributed by atoms with Gasteiger partial charge in [-0.15, -0.1) is 0 Å². The Balaban J connectivity index is 2.08. The lowest BCUT2D eigenvalue weighted by atomic mass is 9.70. The molecule has 2 unspecified atom stereocenters. The second-order valence-corrected chi connectivity index (χ2v) is 8.02. The molecule has 0 bridgehead atoms. The molecule has 0 N–H and O–H groups in total. The van der Waals surface area contributed by atoms with Crippen LogP contribution >= 0.6 is 46.4 Å². The first-order valence-corrected chi connectivity index (χ1v) is 7.79. The van der Waals surface area contributed by atoms with Gasteiger partial charge >= 0.3 is 11.6 Å². The third kappa shape index (κ3) is 1.56. The van der Waals surface area contributed by atoms with Gasteiger partial charge in [-0.3, -0.25) is 0 Å². The number of carbonyl (C=O) groups excluding carboxylic acids is 1. The van der Waals surface area contributed by atoms with Crippen molar-refractivity contribution in [2.75, 3.05) is 0 Å². The van der Waals surface area contributed by atoms with Crippen molar-refractivity contribution in [1.82, 2.24) is 0 Å². The number of halogens is 4. The van der Waals surface area contributed by atoms with Crippen LogP contribution in [0, 0.1) is 0 Å². The van der Waals surface area contributed by atoms with Crippen molar-refractivity contribution < 1.29 is 13.9 Å². The van der Waals surface area contributed by atoms with Gasteiger partial charge in [0, 0.05) is 0 Å². The highest BCUT2D eigenvalue weighted by atomic mass is 35.5. The molecule has 1 aromatic heterocycles. The minimum atomic E-state index is -1.63. The van der Waals surface area contributed by atoms with Crippen LogP contribution in [0.25, 0.3) is 10.8 Å². The standard InChI is InChI=1S/C14H6Cl4O4/c15-13(16)9-8-5-3-4-21-11(19)6(5)1-2-7(8)12(20)22-10(9)14(13,17)18/h1-4,9-10H. The van der Waals surface area contributed by atoms with Crippen molar-refractivity contribution in [3.63, 3.8) is 0 Å². The van der Waals surface area contributed by atoms with Gasteiger partial charge in [0.15, 0.2) is 8.67 Å². The molecule has 1 aromatic carbocycles. The monoisotopic (exact) mass is 378 g/mol. The van der Waals surface area contributed by atoms with Gasteiger partial charge in [-0.05, 0) is 29.1 Å². The fourth-order valence-corrected chi connectivity index (χ4v) is 4.33. The van der Waals surface area contributed by atoms with Crippen molar-refractivity contribution in [3.8, 4) is 0 Å². The first-order chi connectivity index (χ1) is 10.3. The second kappa shape index (κ2) is 4.32. The van der Waals surface area contributed by atoms with E-state index >= 15 is 0 Å². The number of esters is 1. The molecule has 1 aliphatic carbocycles. The van der Waals surface area contributed by atoms with Crippen LogP contribution in [0.1, 0.15) is 21.8 Å². The summed E-state index contributed by atoms with van der Waals surface area (Å²) < 4.78 is 6.93. The van der Waals surface area contributed by atoms with Crippen molar-refractivity contribution in [2.45, 2.75) is 20.7 Å². The number of carbonyl (C=O) groups is 1. The summed E-state index contributed by atoms with van der Waals surface area (Å²) in [4.78, 5) is 24.0. The van der Waals surface area contributed by atoms with Gasteiger partial charge in [0.2, 0.25) is 0 Å². The van der Waals surface area contributed by atoms with E-state index in [4.69, 9.17) is 55.6 Å². The van der Waals surface area contributed by atoms with E-state index in [1.807, 2.05) is 0 Å². The lowest BCUT2D eigenvalue weighted by Gasteiger charge is -2.57. The third-order valence-corrected chi connectivity index (χ3v) is 6.66. The Kier molecular flexibility index (Phi) is 2.88. The molecule has 22 heavy (non-hydrogen) atoms. The van der Waals surface area contributed by atoms with Crippen LogP contribution < -0.4 is 5.63 Å². The summed E-state index contributed by atoms with van der Waals surface area (Å²) in [5.74, 6) is -1.22. The van der Waals surface area contributed by atoms with Crippen LogP contribution in [0.5, 0.6) is 0 Å². The Morgan fingerprint density at radius 2 is 1.68 bits per heavy atom. The summed E-state index contributed by atoms with van der Waals surface area (Å²) in [5.41, 5.74) is 0.273. The number of benzene rings is 1. The molecule has 0 radical (unpaired) electrons. The molecule has 1 aliphatic heterocycles. The number of fused-ring (bicyclic) bond motifs is 5. The summed E-state index contributed by atoms with van der Waals surface area (Å²) in [6.07, 6.45) is 0.362. The Morgan fingerprint density at radius 3 is 2.41 bits per heavy atom. The van der Waals surface area contributed by atoms with Crippen molar-refractivity contribution in [3.05, 3.63) is 46.0 Å². The van der Waals surface area contributed by atoms with Crippen LogP contribution in [0.15, 0.2) is 33.7 Å². The Bertz CT molecular complexity index is 886. The lowest BCUT2D eigenvalue weighted by Crippen LogP contribution is -2.68. The summed E-state index contributed by atoms with van der Waals surface area (Å²) in [6, 6.07) is 4.57. The lowest BCUT2D eigenvalue weighted by molar-refractivity contribution is -0.0193. The van der Waals surface area contributed by atoms with Crippen LogP contribution in [0.3, 0.4) is 0 Å². The Morgan fingerprint density at radius 1 is 0.955 bits per heavy atom. The fraction of sp³-hybridized carbons (Fsp3) is 0.286. The molecule has 1 saturated carbocycles. The van der Waals surface area contributed by atoms with E-state index in [2.05, 4.69) is 0 Å². The predicted molar refractivity (Wildman–Crippen MR) is 83.3 cm³/mol. The second-order valence-electron chi connectivity index (χ2n) is 5.25. The van der Waals surface area contributed by atoms with Gasteiger partial charge < -0.3 is 9.15 Å². The average molecular weight is 380 g/mol. The molecule has 4 rings (SSSR count). The molecule has 8 heteroatoms. The zero-order valence-electron chi connectivity index (χ0n) is 10.6. The quantitative estimate of drug-likeness (QED) is 0.516. The summed E-state index contributed by atoms with van der Waals surface area (Å²) in [6.45, 7) is 0. The predicted octanol–water partition coefficient (Wildman–Crippen LogP) is 3.78. The molecular weight excluding hydrogens is 374 g/mol. The Hall–Kier alpha value is -0.940. The highest BCUT2D eigenvalue weighted by Crippen LogP contribution is 2.68. The maximum absolute atomic E-state index is 12.2. The van der Waals surface area contributed by atoms with E-state index in [0.29, 0.717) is 16.3 Å². The molecule has 1 fully saturated rings. The molecule has 0 amide bonds. The van der Waals surface area contributed by atoms with Gasteiger partial charge in [0.05, 0.1) is 23.1 Å². The normalized spacial score (nSPS) is 27.5. The molecule has 2 atom stereocenters. The summed E-state index contributed by atoms with van der Waals surface area (Å²) in [7, 11) is 0. The molecule has 2 heterocycles. The summed E-state index contributed by atoms with van der Waals surface area (Å²) in [5, 5.41) is 0.843. The van der Waals surface area contributed by atoms with E-state index in [1.54, 1.807) is 6.07 Å². The molecule has 4 nitrogen and oxygen atoms in total. The molecule has 114 valence electrons. The Labute approximate surface area is 143 Å². The molecule has 2 aromatic rings. The zero-order chi connectivity index (χ0) is 15.9. The smallest absolute Gasteiger partial charge is 0.343 e. The number of rotatable bonds is 0. The number of hydrogen-bond donors (Lipinski definition) is 0. The van der Waals surface area contributed by atoms with Gasteiger partial charge in [0.25, 0.3) is 0 Å².